The summed E-state index contributed by atoms with van der Waals surface area (Å²) in [6, 6.07) is 18.2. The van der Waals surface area contributed by atoms with E-state index >= 15 is 0 Å². The lowest BCUT2D eigenvalue weighted by Crippen LogP contribution is -2.25. The fraction of sp³-hybridized carbons (Fsp3) is 0.211. The average Bonchev–Trinajstić information content (AvgIpc) is 2.52. The number of benzene rings is 2. The normalized spacial score (nSPS) is 12.3. The number of hydrogen-bond acceptors (Lipinski definition) is 1. The molecule has 0 bridgehead atoms. The molecular weight excluding hydrogens is 258 g/mol. The molecule has 0 fully saturated rings. The number of carbonyl (C=O) groups excluding carboxylic acids is 1. The zero-order valence-electron chi connectivity index (χ0n) is 12.5. The molecule has 2 rings (SSSR count). The molecule has 0 aliphatic heterocycles. The van der Waals surface area contributed by atoms with E-state index in [0.717, 1.165) is 5.56 Å². The van der Waals surface area contributed by atoms with Gasteiger partial charge < -0.3 is 5.32 Å². The van der Waals surface area contributed by atoms with Crippen LogP contribution in [-0.4, -0.2) is 12.5 Å². The zero-order valence-corrected chi connectivity index (χ0v) is 12.5. The van der Waals surface area contributed by atoms with Crippen LogP contribution in [0.4, 0.5) is 0 Å². The van der Waals surface area contributed by atoms with Gasteiger partial charge in [0.15, 0.2) is 0 Å². The van der Waals surface area contributed by atoms with E-state index in [1.165, 1.54) is 11.1 Å². The van der Waals surface area contributed by atoms with Crippen molar-refractivity contribution in [2.75, 3.05) is 6.54 Å². The van der Waals surface area contributed by atoms with Crippen LogP contribution in [0, 0.1) is 6.92 Å². The van der Waals surface area contributed by atoms with Gasteiger partial charge >= 0.3 is 0 Å². The van der Waals surface area contributed by atoms with Crippen molar-refractivity contribution >= 4 is 12.0 Å². The lowest BCUT2D eigenvalue weighted by atomic mass is 10.0. The summed E-state index contributed by atoms with van der Waals surface area (Å²) in [5, 5.41) is 2.94. The van der Waals surface area contributed by atoms with Crippen molar-refractivity contribution in [1.82, 2.24) is 5.32 Å². The number of amides is 1. The maximum Gasteiger partial charge on any atom is 0.244 e. The van der Waals surface area contributed by atoms with E-state index < -0.39 is 0 Å². The molecule has 1 amide bonds. The van der Waals surface area contributed by atoms with Gasteiger partial charge in [0.05, 0.1) is 0 Å². The highest BCUT2D eigenvalue weighted by Gasteiger charge is 2.05. The van der Waals surface area contributed by atoms with Gasteiger partial charge in [0.25, 0.3) is 0 Å². The third-order valence-corrected chi connectivity index (χ3v) is 3.55. The first-order valence-electron chi connectivity index (χ1n) is 7.23. The lowest BCUT2D eigenvalue weighted by molar-refractivity contribution is -0.116. The number of rotatable bonds is 5. The molecular formula is C19H21NO. The molecule has 0 aliphatic carbocycles. The molecule has 0 saturated carbocycles. The summed E-state index contributed by atoms with van der Waals surface area (Å²) in [5.74, 6) is 0.253. The molecule has 2 aromatic rings. The maximum atomic E-state index is 11.9. The Labute approximate surface area is 126 Å². The summed E-state index contributed by atoms with van der Waals surface area (Å²) in [6.07, 6.45) is 3.46. The second-order valence-corrected chi connectivity index (χ2v) is 5.25. The van der Waals surface area contributed by atoms with Gasteiger partial charge in [-0.2, -0.15) is 0 Å². The minimum atomic E-state index is -0.0546. The molecule has 2 aromatic carbocycles. The number of hydrogen-bond donors (Lipinski definition) is 1. The van der Waals surface area contributed by atoms with Crippen molar-refractivity contribution in [2.45, 2.75) is 19.8 Å². The largest absolute Gasteiger partial charge is 0.352 e. The first-order valence-corrected chi connectivity index (χ1v) is 7.23. The van der Waals surface area contributed by atoms with Crippen molar-refractivity contribution in [3.8, 4) is 0 Å². The van der Waals surface area contributed by atoms with Crippen molar-refractivity contribution in [1.29, 1.82) is 0 Å². The average molecular weight is 279 g/mol. The van der Waals surface area contributed by atoms with E-state index in [1.807, 2.05) is 55.5 Å². The molecule has 1 atom stereocenters. The molecule has 1 N–H and O–H groups in total. The van der Waals surface area contributed by atoms with E-state index in [2.05, 4.69) is 24.4 Å². The standard InChI is InChI=1S/C19H21NO/c1-15-8-6-7-11-18(15)12-13-19(21)20-14-16(2)17-9-4-3-5-10-17/h3-13,16H,14H2,1-2H3,(H,20,21)/b13-12+. The number of nitrogens with one attached hydrogen (secondary N) is 1. The zero-order chi connectivity index (χ0) is 15.1. The molecule has 0 radical (unpaired) electrons. The van der Waals surface area contributed by atoms with E-state index in [0.29, 0.717) is 12.5 Å². The fourth-order valence-electron chi connectivity index (χ4n) is 2.15. The van der Waals surface area contributed by atoms with Crippen LogP contribution >= 0.6 is 0 Å². The monoisotopic (exact) mass is 279 g/mol. The van der Waals surface area contributed by atoms with Gasteiger partial charge in [0, 0.05) is 12.6 Å². The highest BCUT2D eigenvalue weighted by Crippen LogP contribution is 2.13. The fourth-order valence-corrected chi connectivity index (χ4v) is 2.15. The van der Waals surface area contributed by atoms with Crippen LogP contribution in [0.3, 0.4) is 0 Å². The van der Waals surface area contributed by atoms with Crippen LogP contribution in [0.15, 0.2) is 60.7 Å². The molecule has 0 spiro atoms. The molecule has 0 heterocycles. The minimum Gasteiger partial charge on any atom is -0.352 e. The Bertz CT molecular complexity index is 616. The van der Waals surface area contributed by atoms with E-state index in [-0.39, 0.29) is 5.91 Å². The highest BCUT2D eigenvalue weighted by molar-refractivity contribution is 5.91. The second-order valence-electron chi connectivity index (χ2n) is 5.25. The third kappa shape index (κ3) is 4.60. The van der Waals surface area contributed by atoms with Crippen molar-refractivity contribution in [2.24, 2.45) is 0 Å². The van der Waals surface area contributed by atoms with Crippen LogP contribution < -0.4 is 5.32 Å². The molecule has 2 nitrogen and oxygen atoms in total. The first-order chi connectivity index (χ1) is 10.2. The molecule has 21 heavy (non-hydrogen) atoms. The van der Waals surface area contributed by atoms with Gasteiger partial charge in [0.2, 0.25) is 5.91 Å². The van der Waals surface area contributed by atoms with Crippen molar-refractivity contribution in [3.63, 3.8) is 0 Å². The Balaban J connectivity index is 1.87. The van der Waals surface area contributed by atoms with Gasteiger partial charge in [-0.15, -0.1) is 0 Å². The summed E-state index contributed by atoms with van der Waals surface area (Å²) < 4.78 is 0. The Kier molecular flexibility index (Phi) is 5.33. The Hall–Kier alpha value is -2.35. The second kappa shape index (κ2) is 7.44. The maximum absolute atomic E-state index is 11.9. The van der Waals surface area contributed by atoms with Gasteiger partial charge in [0.1, 0.15) is 0 Å². The van der Waals surface area contributed by atoms with Gasteiger partial charge in [-0.25, -0.2) is 0 Å². The minimum absolute atomic E-state index is 0.0546. The van der Waals surface area contributed by atoms with E-state index in [9.17, 15) is 4.79 Å². The molecule has 0 aliphatic rings. The summed E-state index contributed by atoms with van der Waals surface area (Å²) >= 11 is 0. The molecule has 2 heteroatoms. The smallest absolute Gasteiger partial charge is 0.244 e. The Morgan fingerprint density at radius 1 is 1.10 bits per heavy atom. The quantitative estimate of drug-likeness (QED) is 0.826. The third-order valence-electron chi connectivity index (χ3n) is 3.55. The van der Waals surface area contributed by atoms with Crippen LogP contribution in [0.2, 0.25) is 0 Å². The van der Waals surface area contributed by atoms with Crippen molar-refractivity contribution in [3.05, 3.63) is 77.4 Å². The molecule has 1 unspecified atom stereocenters. The molecule has 0 aromatic heterocycles. The number of aryl methyl sites for hydroxylation is 1. The summed E-state index contributed by atoms with van der Waals surface area (Å²) in [5.41, 5.74) is 3.48. The highest BCUT2D eigenvalue weighted by atomic mass is 16.1. The van der Waals surface area contributed by atoms with Gasteiger partial charge in [-0.05, 0) is 35.6 Å². The lowest BCUT2D eigenvalue weighted by Gasteiger charge is -2.11. The summed E-state index contributed by atoms with van der Waals surface area (Å²) in [6.45, 7) is 4.79. The number of carbonyl (C=O) groups is 1. The first kappa shape index (κ1) is 15.0. The predicted octanol–water partition coefficient (Wildman–Crippen LogP) is 3.93. The summed E-state index contributed by atoms with van der Waals surface area (Å²) in [4.78, 5) is 11.9. The SMILES string of the molecule is Cc1ccccc1/C=C/C(=O)NCC(C)c1ccccc1. The van der Waals surface area contributed by atoms with Crippen LogP contribution in [-0.2, 0) is 4.79 Å². The molecule has 0 saturated heterocycles. The topological polar surface area (TPSA) is 29.1 Å². The Morgan fingerprint density at radius 2 is 1.76 bits per heavy atom. The molecule has 108 valence electrons. The van der Waals surface area contributed by atoms with Crippen molar-refractivity contribution < 1.29 is 4.79 Å². The van der Waals surface area contributed by atoms with E-state index in [4.69, 9.17) is 0 Å². The van der Waals surface area contributed by atoms with Crippen LogP contribution in [0.1, 0.15) is 29.5 Å². The van der Waals surface area contributed by atoms with Crippen LogP contribution in [0.25, 0.3) is 6.08 Å². The Morgan fingerprint density at radius 3 is 2.48 bits per heavy atom. The summed E-state index contributed by atoms with van der Waals surface area (Å²) in [7, 11) is 0. The predicted molar refractivity (Wildman–Crippen MR) is 88.1 cm³/mol. The van der Waals surface area contributed by atoms with Gasteiger partial charge in [-0.3, -0.25) is 4.79 Å². The van der Waals surface area contributed by atoms with E-state index in [1.54, 1.807) is 6.08 Å². The van der Waals surface area contributed by atoms with Crippen LogP contribution in [0.5, 0.6) is 0 Å². The van der Waals surface area contributed by atoms with Gasteiger partial charge in [-0.1, -0.05) is 61.5 Å².